The van der Waals surface area contributed by atoms with E-state index >= 15 is 0 Å². The summed E-state index contributed by atoms with van der Waals surface area (Å²) >= 11 is 6.11. The second-order valence-corrected chi connectivity index (χ2v) is 6.79. The maximum Gasteiger partial charge on any atom is 0.250 e. The van der Waals surface area contributed by atoms with Crippen molar-refractivity contribution in [3.8, 4) is 0 Å². The van der Waals surface area contributed by atoms with Gasteiger partial charge in [-0.05, 0) is 37.1 Å². The number of hydrogen-bond acceptors (Lipinski definition) is 4. The number of morpholine rings is 1. The Labute approximate surface area is 146 Å². The molecule has 2 N–H and O–H groups in total. The van der Waals surface area contributed by atoms with Crippen LogP contribution in [0.25, 0.3) is 0 Å². The number of nitrogens with zero attached hydrogens (tertiary/aromatic N) is 1. The minimum atomic E-state index is -0.402. The fourth-order valence-corrected chi connectivity index (χ4v) is 3.46. The van der Waals surface area contributed by atoms with E-state index in [1.165, 1.54) is 12.1 Å². The number of carbonyl (C=O) groups is 1. The highest BCUT2D eigenvalue weighted by molar-refractivity contribution is 6.31. The Kier molecular flexibility index (Phi) is 6.05. The second-order valence-electron chi connectivity index (χ2n) is 6.38. The van der Waals surface area contributed by atoms with Crippen LogP contribution in [0.1, 0.15) is 18.4 Å². The molecule has 0 aliphatic carbocycles. The van der Waals surface area contributed by atoms with Crippen molar-refractivity contribution in [2.45, 2.75) is 31.5 Å². The molecule has 2 aliphatic heterocycles. The van der Waals surface area contributed by atoms with Crippen LogP contribution in [0.4, 0.5) is 4.39 Å². The largest absolute Gasteiger partial charge is 0.366 e. The number of carbonyl (C=O) groups excluding carboxylic acids is 1. The lowest BCUT2D eigenvalue weighted by atomic mass is 10.0. The highest BCUT2D eigenvalue weighted by Gasteiger charge is 2.27. The van der Waals surface area contributed by atoms with Gasteiger partial charge in [-0.2, -0.15) is 0 Å². The molecule has 2 fully saturated rings. The molecule has 132 valence electrons. The summed E-state index contributed by atoms with van der Waals surface area (Å²) in [5.74, 6) is -0.373. The standard InChI is InChI=1S/C17H23ClFN3O2/c18-15-8-13(19)4-3-12(15)10-22-6-1-2-14(11-22)21-17(23)16-9-20-5-7-24-16/h3-4,8,14,16,20H,1-2,5-7,9-11H2,(H,21,23)/t14-,16+/m0/s1. The first kappa shape index (κ1) is 17.6. The lowest BCUT2D eigenvalue weighted by molar-refractivity contribution is -0.135. The Morgan fingerprint density at radius 2 is 2.38 bits per heavy atom. The predicted octanol–water partition coefficient (Wildman–Crippen LogP) is 1.55. The van der Waals surface area contributed by atoms with E-state index in [2.05, 4.69) is 15.5 Å². The van der Waals surface area contributed by atoms with Gasteiger partial charge in [0, 0.05) is 37.2 Å². The number of benzene rings is 1. The number of halogens is 2. The van der Waals surface area contributed by atoms with Crippen LogP contribution in [-0.4, -0.2) is 55.7 Å². The Morgan fingerprint density at radius 1 is 1.50 bits per heavy atom. The fourth-order valence-electron chi connectivity index (χ4n) is 3.24. The van der Waals surface area contributed by atoms with Crippen LogP contribution in [0.5, 0.6) is 0 Å². The van der Waals surface area contributed by atoms with Crippen molar-refractivity contribution < 1.29 is 13.9 Å². The molecule has 1 amide bonds. The van der Waals surface area contributed by atoms with E-state index < -0.39 is 6.10 Å². The van der Waals surface area contributed by atoms with Crippen molar-refractivity contribution in [3.05, 3.63) is 34.6 Å². The van der Waals surface area contributed by atoms with E-state index in [1.807, 2.05) is 0 Å². The van der Waals surface area contributed by atoms with Crippen molar-refractivity contribution in [1.29, 1.82) is 0 Å². The Bertz CT molecular complexity index is 581. The zero-order valence-corrected chi connectivity index (χ0v) is 14.3. The highest BCUT2D eigenvalue weighted by Crippen LogP contribution is 2.21. The molecule has 0 saturated carbocycles. The molecule has 1 aromatic carbocycles. The van der Waals surface area contributed by atoms with E-state index in [0.29, 0.717) is 24.7 Å². The quantitative estimate of drug-likeness (QED) is 0.860. The third-order valence-electron chi connectivity index (χ3n) is 4.48. The molecule has 3 rings (SSSR count). The smallest absolute Gasteiger partial charge is 0.250 e. The fraction of sp³-hybridized carbons (Fsp3) is 0.588. The van der Waals surface area contributed by atoms with Crippen LogP contribution in [-0.2, 0) is 16.1 Å². The molecule has 24 heavy (non-hydrogen) atoms. The molecule has 5 nitrogen and oxygen atoms in total. The van der Waals surface area contributed by atoms with E-state index in [1.54, 1.807) is 6.07 Å². The minimum Gasteiger partial charge on any atom is -0.366 e. The van der Waals surface area contributed by atoms with Crippen molar-refractivity contribution >= 4 is 17.5 Å². The average molecular weight is 356 g/mol. The summed E-state index contributed by atoms with van der Waals surface area (Å²) in [6, 6.07) is 4.60. The summed E-state index contributed by atoms with van der Waals surface area (Å²) in [6.45, 7) is 4.29. The molecular formula is C17H23ClFN3O2. The van der Waals surface area contributed by atoms with Gasteiger partial charge in [-0.3, -0.25) is 9.69 Å². The maximum atomic E-state index is 13.1. The molecule has 1 aromatic rings. The number of likely N-dealkylation sites (tertiary alicyclic amines) is 1. The molecule has 2 atom stereocenters. The van der Waals surface area contributed by atoms with Gasteiger partial charge in [-0.15, -0.1) is 0 Å². The summed E-state index contributed by atoms with van der Waals surface area (Å²) in [7, 11) is 0. The van der Waals surface area contributed by atoms with Gasteiger partial charge in [0.2, 0.25) is 0 Å². The van der Waals surface area contributed by atoms with Crippen LogP contribution < -0.4 is 10.6 Å². The lowest BCUT2D eigenvalue weighted by Crippen LogP contribution is -2.53. The number of ether oxygens (including phenoxy) is 1. The highest BCUT2D eigenvalue weighted by atomic mass is 35.5. The Balaban J connectivity index is 1.53. The van der Waals surface area contributed by atoms with E-state index in [-0.39, 0.29) is 17.8 Å². The number of amides is 1. The number of rotatable bonds is 4. The third kappa shape index (κ3) is 4.66. The second kappa shape index (κ2) is 8.25. The van der Waals surface area contributed by atoms with Crippen LogP contribution >= 0.6 is 11.6 Å². The molecule has 2 heterocycles. The summed E-state index contributed by atoms with van der Waals surface area (Å²) < 4.78 is 18.6. The summed E-state index contributed by atoms with van der Waals surface area (Å²) in [5, 5.41) is 6.70. The first-order chi connectivity index (χ1) is 11.6. The van der Waals surface area contributed by atoms with Gasteiger partial charge in [0.05, 0.1) is 6.61 Å². The lowest BCUT2D eigenvalue weighted by Gasteiger charge is -2.34. The first-order valence-electron chi connectivity index (χ1n) is 8.41. The molecule has 0 bridgehead atoms. The zero-order valence-electron chi connectivity index (χ0n) is 13.6. The molecule has 0 unspecified atom stereocenters. The SMILES string of the molecule is O=C(N[C@H]1CCCN(Cc2ccc(F)cc2Cl)C1)[C@H]1CNCCO1. The molecule has 2 aliphatic rings. The van der Waals surface area contributed by atoms with Crippen molar-refractivity contribution in [1.82, 2.24) is 15.5 Å². The molecule has 0 spiro atoms. The summed E-state index contributed by atoms with van der Waals surface area (Å²) in [4.78, 5) is 14.5. The van der Waals surface area contributed by atoms with Crippen LogP contribution in [0.15, 0.2) is 18.2 Å². The average Bonchev–Trinajstić information content (AvgIpc) is 2.58. The third-order valence-corrected chi connectivity index (χ3v) is 4.83. The van der Waals surface area contributed by atoms with Crippen molar-refractivity contribution in [2.24, 2.45) is 0 Å². The van der Waals surface area contributed by atoms with Gasteiger partial charge in [-0.1, -0.05) is 17.7 Å². The predicted molar refractivity (Wildman–Crippen MR) is 90.5 cm³/mol. The van der Waals surface area contributed by atoms with E-state index in [9.17, 15) is 9.18 Å². The zero-order chi connectivity index (χ0) is 16.9. The maximum absolute atomic E-state index is 13.1. The summed E-state index contributed by atoms with van der Waals surface area (Å²) in [5.41, 5.74) is 0.907. The molecule has 2 saturated heterocycles. The van der Waals surface area contributed by atoms with E-state index in [0.717, 1.165) is 38.0 Å². The normalized spacial score (nSPS) is 25.4. The van der Waals surface area contributed by atoms with Gasteiger partial charge in [0.15, 0.2) is 0 Å². The monoisotopic (exact) mass is 355 g/mol. The Morgan fingerprint density at radius 3 is 3.12 bits per heavy atom. The van der Waals surface area contributed by atoms with Gasteiger partial charge in [0.25, 0.3) is 5.91 Å². The van der Waals surface area contributed by atoms with Crippen molar-refractivity contribution in [2.75, 3.05) is 32.8 Å². The molecular weight excluding hydrogens is 333 g/mol. The van der Waals surface area contributed by atoms with E-state index in [4.69, 9.17) is 16.3 Å². The summed E-state index contributed by atoms with van der Waals surface area (Å²) in [6.07, 6.45) is 1.56. The topological polar surface area (TPSA) is 53.6 Å². The molecule has 0 aromatic heterocycles. The van der Waals surface area contributed by atoms with Gasteiger partial charge in [0.1, 0.15) is 11.9 Å². The Hall–Kier alpha value is -1.21. The van der Waals surface area contributed by atoms with Crippen LogP contribution in [0.3, 0.4) is 0 Å². The van der Waals surface area contributed by atoms with Crippen LogP contribution in [0.2, 0.25) is 5.02 Å². The van der Waals surface area contributed by atoms with Gasteiger partial charge >= 0.3 is 0 Å². The molecule has 0 radical (unpaired) electrons. The van der Waals surface area contributed by atoms with Gasteiger partial charge in [-0.25, -0.2) is 4.39 Å². The number of hydrogen-bond donors (Lipinski definition) is 2. The van der Waals surface area contributed by atoms with Crippen molar-refractivity contribution in [3.63, 3.8) is 0 Å². The number of nitrogens with one attached hydrogen (secondary N) is 2. The first-order valence-corrected chi connectivity index (χ1v) is 8.78. The van der Waals surface area contributed by atoms with Gasteiger partial charge < -0.3 is 15.4 Å². The van der Waals surface area contributed by atoms with Crippen LogP contribution in [0, 0.1) is 5.82 Å². The number of piperidine rings is 1. The minimum absolute atomic E-state index is 0.0473. The molecule has 7 heteroatoms.